The van der Waals surface area contributed by atoms with Crippen molar-refractivity contribution in [3.8, 4) is 0 Å². The average Bonchev–Trinajstić information content (AvgIpc) is 2.05. The molecule has 0 aliphatic heterocycles. The van der Waals surface area contributed by atoms with Crippen molar-refractivity contribution in [1.82, 2.24) is 0 Å². The Kier molecular flexibility index (Phi) is 3.74. The van der Waals surface area contributed by atoms with Gasteiger partial charge < -0.3 is 10.8 Å². The minimum Gasteiger partial charge on any atom is -0.392 e. The number of hydrogen-bond donors (Lipinski definition) is 2. The molecule has 1 atom stereocenters. The van der Waals surface area contributed by atoms with Crippen molar-refractivity contribution in [2.75, 3.05) is 6.54 Å². The van der Waals surface area contributed by atoms with Crippen LogP contribution in [0.5, 0.6) is 0 Å². The zero-order chi connectivity index (χ0) is 9.90. The Morgan fingerprint density at radius 3 is 2.08 bits per heavy atom. The van der Waals surface area contributed by atoms with Gasteiger partial charge in [0, 0.05) is 12.0 Å². The van der Waals surface area contributed by atoms with Gasteiger partial charge in [-0.2, -0.15) is 0 Å². The molecule has 13 heavy (non-hydrogen) atoms. The molecule has 2 heteroatoms. The summed E-state index contributed by atoms with van der Waals surface area (Å²) in [4.78, 5) is 0. The van der Waals surface area contributed by atoms with E-state index in [0.29, 0.717) is 12.5 Å². The molecule has 0 heterocycles. The predicted octanol–water partition coefficient (Wildman–Crippen LogP) is 1.91. The lowest BCUT2D eigenvalue weighted by atomic mass is 9.61. The van der Waals surface area contributed by atoms with Gasteiger partial charge in [0.1, 0.15) is 0 Å². The fraction of sp³-hybridized carbons (Fsp3) is 1.00. The largest absolute Gasteiger partial charge is 0.392 e. The van der Waals surface area contributed by atoms with Crippen molar-refractivity contribution in [1.29, 1.82) is 0 Å². The van der Waals surface area contributed by atoms with E-state index in [2.05, 4.69) is 13.8 Å². The Morgan fingerprint density at radius 1 is 1.31 bits per heavy atom. The molecular formula is C11H23NO. The first-order chi connectivity index (χ1) is 6.20. The molecule has 0 radical (unpaired) electrons. The predicted molar refractivity (Wildman–Crippen MR) is 55.4 cm³/mol. The molecule has 1 fully saturated rings. The van der Waals surface area contributed by atoms with Crippen LogP contribution in [0.15, 0.2) is 0 Å². The van der Waals surface area contributed by atoms with Crippen LogP contribution in [-0.2, 0) is 0 Å². The molecule has 0 saturated heterocycles. The van der Waals surface area contributed by atoms with Crippen LogP contribution in [0.3, 0.4) is 0 Å². The first kappa shape index (κ1) is 11.0. The third-order valence-corrected chi connectivity index (χ3v) is 3.88. The average molecular weight is 185 g/mol. The minimum atomic E-state index is -0.166. The van der Waals surface area contributed by atoms with Crippen LogP contribution < -0.4 is 5.73 Å². The van der Waals surface area contributed by atoms with Crippen LogP contribution in [-0.4, -0.2) is 17.8 Å². The van der Waals surface area contributed by atoms with Crippen molar-refractivity contribution in [2.45, 2.75) is 52.1 Å². The quantitative estimate of drug-likeness (QED) is 0.687. The third kappa shape index (κ3) is 1.89. The third-order valence-electron chi connectivity index (χ3n) is 3.88. The molecule has 0 aromatic rings. The molecule has 3 N–H and O–H groups in total. The summed E-state index contributed by atoms with van der Waals surface area (Å²) >= 11 is 0. The first-order valence-corrected chi connectivity index (χ1v) is 5.58. The Labute approximate surface area is 81.5 Å². The summed E-state index contributed by atoms with van der Waals surface area (Å²) in [6, 6.07) is 0. The van der Waals surface area contributed by atoms with Crippen LogP contribution in [0.25, 0.3) is 0 Å². The second-order valence-electron chi connectivity index (χ2n) is 4.44. The van der Waals surface area contributed by atoms with E-state index in [1.54, 1.807) is 0 Å². The van der Waals surface area contributed by atoms with E-state index in [-0.39, 0.29) is 11.5 Å². The summed E-state index contributed by atoms with van der Waals surface area (Å²) in [5.41, 5.74) is 5.84. The van der Waals surface area contributed by atoms with Gasteiger partial charge in [0.05, 0.1) is 6.10 Å². The maximum Gasteiger partial charge on any atom is 0.0636 e. The van der Waals surface area contributed by atoms with Crippen molar-refractivity contribution in [3.63, 3.8) is 0 Å². The second-order valence-corrected chi connectivity index (χ2v) is 4.44. The molecule has 0 amide bonds. The number of aliphatic hydroxyl groups excluding tert-OH is 1. The lowest BCUT2D eigenvalue weighted by molar-refractivity contribution is -0.0642. The van der Waals surface area contributed by atoms with Crippen LogP contribution >= 0.6 is 0 Å². The molecule has 2 nitrogen and oxygen atoms in total. The second kappa shape index (κ2) is 4.43. The van der Waals surface area contributed by atoms with Gasteiger partial charge in [-0.05, 0) is 18.8 Å². The maximum absolute atomic E-state index is 10.2. The molecule has 1 aliphatic carbocycles. The fourth-order valence-electron chi connectivity index (χ4n) is 2.49. The summed E-state index contributed by atoms with van der Waals surface area (Å²) < 4.78 is 0. The molecule has 78 valence electrons. The number of hydrogen-bond acceptors (Lipinski definition) is 2. The van der Waals surface area contributed by atoms with Crippen molar-refractivity contribution in [3.05, 3.63) is 0 Å². The van der Waals surface area contributed by atoms with Gasteiger partial charge in [-0.3, -0.25) is 0 Å². The van der Waals surface area contributed by atoms with Crippen LogP contribution in [0.4, 0.5) is 0 Å². The van der Waals surface area contributed by atoms with Gasteiger partial charge >= 0.3 is 0 Å². The topological polar surface area (TPSA) is 46.2 Å². The summed E-state index contributed by atoms with van der Waals surface area (Å²) in [6.07, 6.45) is 5.47. The van der Waals surface area contributed by atoms with Gasteiger partial charge in [-0.1, -0.05) is 33.1 Å². The minimum absolute atomic E-state index is 0.0800. The van der Waals surface area contributed by atoms with Crippen LogP contribution in [0, 0.1) is 11.3 Å². The summed E-state index contributed by atoms with van der Waals surface area (Å²) in [6.45, 7) is 4.96. The lowest BCUT2D eigenvalue weighted by Gasteiger charge is -2.47. The highest BCUT2D eigenvalue weighted by atomic mass is 16.3. The number of rotatable bonds is 5. The number of aliphatic hydroxyl groups is 1. The molecule has 0 bridgehead atoms. The summed E-state index contributed by atoms with van der Waals surface area (Å²) in [5, 5.41) is 10.2. The van der Waals surface area contributed by atoms with Gasteiger partial charge in [-0.15, -0.1) is 0 Å². The van der Waals surface area contributed by atoms with E-state index in [1.807, 2.05) is 0 Å². The van der Waals surface area contributed by atoms with Gasteiger partial charge in [-0.25, -0.2) is 0 Å². The number of nitrogens with two attached hydrogens (primary N) is 1. The smallest absolute Gasteiger partial charge is 0.0636 e. The SMILES string of the molecule is CCC(CC)C(O)C1(CN)CCC1. The summed E-state index contributed by atoms with van der Waals surface area (Å²) in [7, 11) is 0. The Bertz CT molecular complexity index is 145. The molecule has 0 spiro atoms. The highest BCUT2D eigenvalue weighted by Crippen LogP contribution is 2.46. The Morgan fingerprint density at radius 2 is 1.85 bits per heavy atom. The molecular weight excluding hydrogens is 162 g/mol. The summed E-state index contributed by atoms with van der Waals surface area (Å²) in [5.74, 6) is 0.448. The van der Waals surface area contributed by atoms with Crippen LogP contribution in [0.1, 0.15) is 46.0 Å². The zero-order valence-corrected chi connectivity index (χ0v) is 8.92. The first-order valence-electron chi connectivity index (χ1n) is 5.58. The zero-order valence-electron chi connectivity index (χ0n) is 8.92. The monoisotopic (exact) mass is 185 g/mol. The Balaban J connectivity index is 2.57. The van der Waals surface area contributed by atoms with Crippen molar-refractivity contribution in [2.24, 2.45) is 17.1 Å². The molecule has 1 unspecified atom stereocenters. The van der Waals surface area contributed by atoms with Gasteiger partial charge in [0.2, 0.25) is 0 Å². The van der Waals surface area contributed by atoms with E-state index in [0.717, 1.165) is 25.7 Å². The standard InChI is InChI=1S/C11H23NO/c1-3-9(4-2)10(13)11(8-12)6-5-7-11/h9-10,13H,3-8,12H2,1-2H3. The van der Waals surface area contributed by atoms with E-state index < -0.39 is 0 Å². The van der Waals surface area contributed by atoms with Crippen LogP contribution in [0.2, 0.25) is 0 Å². The van der Waals surface area contributed by atoms with E-state index in [1.165, 1.54) is 6.42 Å². The fourth-order valence-corrected chi connectivity index (χ4v) is 2.49. The van der Waals surface area contributed by atoms with Gasteiger partial charge in [0.15, 0.2) is 0 Å². The molecule has 1 saturated carbocycles. The highest BCUT2D eigenvalue weighted by molar-refractivity contribution is 4.96. The molecule has 0 aromatic carbocycles. The highest BCUT2D eigenvalue weighted by Gasteiger charge is 2.44. The van der Waals surface area contributed by atoms with Crippen molar-refractivity contribution >= 4 is 0 Å². The maximum atomic E-state index is 10.2. The molecule has 1 aliphatic rings. The lowest BCUT2D eigenvalue weighted by Crippen LogP contribution is -2.50. The van der Waals surface area contributed by atoms with E-state index in [4.69, 9.17) is 5.73 Å². The van der Waals surface area contributed by atoms with E-state index >= 15 is 0 Å². The Hall–Kier alpha value is -0.0800. The van der Waals surface area contributed by atoms with E-state index in [9.17, 15) is 5.11 Å². The molecule has 0 aromatic heterocycles. The van der Waals surface area contributed by atoms with Gasteiger partial charge in [0.25, 0.3) is 0 Å². The normalized spacial score (nSPS) is 22.8. The molecule has 1 rings (SSSR count). The van der Waals surface area contributed by atoms with Crippen molar-refractivity contribution < 1.29 is 5.11 Å².